The van der Waals surface area contributed by atoms with E-state index in [0.29, 0.717) is 12.4 Å². The number of hydrogen-bond acceptors (Lipinski definition) is 4. The summed E-state index contributed by atoms with van der Waals surface area (Å²) in [5, 5.41) is 4.71. The van der Waals surface area contributed by atoms with Gasteiger partial charge >= 0.3 is 0 Å². The smallest absolute Gasteiger partial charge is 0.258 e. The van der Waals surface area contributed by atoms with Gasteiger partial charge in [0.2, 0.25) is 0 Å². The molecule has 1 aliphatic rings. The van der Waals surface area contributed by atoms with Gasteiger partial charge in [0.15, 0.2) is 0 Å². The van der Waals surface area contributed by atoms with Crippen molar-refractivity contribution in [3.8, 4) is 11.4 Å². The van der Waals surface area contributed by atoms with Crippen LogP contribution >= 0.6 is 24.8 Å². The zero-order valence-electron chi connectivity index (χ0n) is 17.1. The van der Waals surface area contributed by atoms with E-state index in [1.54, 1.807) is 17.0 Å². The van der Waals surface area contributed by atoms with E-state index in [4.69, 9.17) is 4.74 Å². The SMILES string of the molecule is Cl.Cl.Cn1c2c(c3ccc(-n4ccc(OCc5ccccn5)cc4=O)cc31)CCNC2. The molecule has 0 bridgehead atoms. The fourth-order valence-corrected chi connectivity index (χ4v) is 4.03. The van der Waals surface area contributed by atoms with Crippen molar-refractivity contribution in [2.45, 2.75) is 19.6 Å². The van der Waals surface area contributed by atoms with Crippen molar-refractivity contribution < 1.29 is 4.74 Å². The summed E-state index contributed by atoms with van der Waals surface area (Å²) in [6, 6.07) is 15.2. The fourth-order valence-electron chi connectivity index (χ4n) is 4.03. The molecule has 1 aliphatic heterocycles. The van der Waals surface area contributed by atoms with Crippen LogP contribution in [0.4, 0.5) is 0 Å². The Hall–Kier alpha value is -2.80. The van der Waals surface area contributed by atoms with Gasteiger partial charge in [0.25, 0.3) is 5.56 Å². The molecule has 3 aromatic heterocycles. The standard InChI is InChI=1S/C23H22N4O2.2ClH/c1-26-21-12-17(5-6-19(21)20-7-10-24-14-22(20)26)27-11-8-18(13-23(27)28)29-15-16-4-2-3-9-25-16;;/h2-6,8-9,11-13,24H,7,10,14-15H2,1H3;2*1H. The molecule has 0 unspecified atom stereocenters. The molecule has 1 N–H and O–H groups in total. The first-order chi connectivity index (χ1) is 14.2. The molecule has 0 radical (unpaired) electrons. The highest BCUT2D eigenvalue weighted by atomic mass is 35.5. The van der Waals surface area contributed by atoms with Crippen LogP contribution in [0.25, 0.3) is 16.6 Å². The maximum Gasteiger partial charge on any atom is 0.258 e. The maximum absolute atomic E-state index is 12.7. The van der Waals surface area contributed by atoms with Crippen LogP contribution in [-0.4, -0.2) is 20.7 Å². The van der Waals surface area contributed by atoms with Gasteiger partial charge in [-0.3, -0.25) is 14.3 Å². The maximum atomic E-state index is 12.7. The van der Waals surface area contributed by atoms with Gasteiger partial charge in [-0.1, -0.05) is 12.1 Å². The van der Waals surface area contributed by atoms with E-state index in [9.17, 15) is 4.79 Å². The first-order valence-corrected chi connectivity index (χ1v) is 9.77. The minimum absolute atomic E-state index is 0. The summed E-state index contributed by atoms with van der Waals surface area (Å²) in [5.74, 6) is 0.540. The Balaban J connectivity index is 0.00000136. The molecule has 0 fully saturated rings. The fraction of sp³-hybridized carbons (Fsp3) is 0.217. The van der Waals surface area contributed by atoms with Gasteiger partial charge in [0.1, 0.15) is 12.4 Å². The third-order valence-electron chi connectivity index (χ3n) is 5.55. The van der Waals surface area contributed by atoms with E-state index in [-0.39, 0.29) is 30.4 Å². The summed E-state index contributed by atoms with van der Waals surface area (Å²) >= 11 is 0. The average Bonchev–Trinajstić information content (AvgIpc) is 3.05. The van der Waals surface area contributed by atoms with Gasteiger partial charge in [-0.2, -0.15) is 0 Å². The highest BCUT2D eigenvalue weighted by molar-refractivity contribution is 5.87. The Morgan fingerprint density at radius 3 is 2.77 bits per heavy atom. The number of halogens is 2. The van der Waals surface area contributed by atoms with Gasteiger partial charge in [0.05, 0.1) is 16.9 Å². The monoisotopic (exact) mass is 458 g/mol. The largest absolute Gasteiger partial charge is 0.487 e. The van der Waals surface area contributed by atoms with Crippen LogP contribution in [-0.2, 0) is 26.6 Å². The van der Waals surface area contributed by atoms with Crippen molar-refractivity contribution in [2.75, 3.05) is 6.54 Å². The number of aromatic nitrogens is 3. The van der Waals surface area contributed by atoms with Crippen molar-refractivity contribution in [1.29, 1.82) is 0 Å². The number of nitrogens with one attached hydrogen (secondary N) is 1. The second-order valence-electron chi connectivity index (χ2n) is 7.29. The Bertz CT molecular complexity index is 1250. The predicted molar refractivity (Wildman–Crippen MR) is 127 cm³/mol. The molecular formula is C23H24Cl2N4O2. The Kier molecular flexibility index (Phi) is 7.05. The summed E-state index contributed by atoms with van der Waals surface area (Å²) in [4.78, 5) is 16.9. The van der Waals surface area contributed by atoms with Crippen LogP contribution in [0.5, 0.6) is 5.75 Å². The van der Waals surface area contributed by atoms with Gasteiger partial charge in [-0.25, -0.2) is 0 Å². The second kappa shape index (κ2) is 9.56. The molecule has 0 saturated carbocycles. The van der Waals surface area contributed by atoms with E-state index in [0.717, 1.165) is 36.4 Å². The first-order valence-electron chi connectivity index (χ1n) is 9.77. The van der Waals surface area contributed by atoms with Crippen LogP contribution in [0.3, 0.4) is 0 Å². The molecule has 0 aliphatic carbocycles. The lowest BCUT2D eigenvalue weighted by Crippen LogP contribution is -2.24. The highest BCUT2D eigenvalue weighted by Gasteiger charge is 2.18. The number of fused-ring (bicyclic) bond motifs is 3. The molecule has 4 aromatic rings. The lowest BCUT2D eigenvalue weighted by Gasteiger charge is -2.14. The normalized spacial score (nSPS) is 12.5. The van der Waals surface area contributed by atoms with Crippen molar-refractivity contribution in [1.82, 2.24) is 19.4 Å². The van der Waals surface area contributed by atoms with Gasteiger partial charge in [-0.15, -0.1) is 24.8 Å². The lowest BCUT2D eigenvalue weighted by molar-refractivity contribution is 0.300. The number of aryl methyl sites for hydroxylation is 1. The number of nitrogens with zero attached hydrogens (tertiary/aromatic N) is 3. The summed E-state index contributed by atoms with van der Waals surface area (Å²) in [6.45, 7) is 2.23. The highest BCUT2D eigenvalue weighted by Crippen LogP contribution is 2.29. The van der Waals surface area contributed by atoms with E-state index >= 15 is 0 Å². The van der Waals surface area contributed by atoms with E-state index < -0.39 is 0 Å². The Labute approximate surface area is 192 Å². The molecule has 8 heteroatoms. The predicted octanol–water partition coefficient (Wildman–Crippen LogP) is 3.79. The molecule has 0 spiro atoms. The van der Waals surface area contributed by atoms with Crippen molar-refractivity contribution >= 4 is 35.7 Å². The van der Waals surface area contributed by atoms with Crippen LogP contribution < -0.4 is 15.6 Å². The molecule has 5 rings (SSSR count). The van der Waals surface area contributed by atoms with Crippen molar-refractivity contribution in [2.24, 2.45) is 7.05 Å². The zero-order chi connectivity index (χ0) is 19.8. The Morgan fingerprint density at radius 1 is 1.13 bits per heavy atom. The van der Waals surface area contributed by atoms with Gasteiger partial charge in [0, 0.05) is 43.1 Å². The minimum atomic E-state index is -0.122. The van der Waals surface area contributed by atoms with Crippen molar-refractivity contribution in [3.05, 3.63) is 88.2 Å². The topological polar surface area (TPSA) is 61.1 Å². The van der Waals surface area contributed by atoms with Gasteiger partial charge < -0.3 is 14.6 Å². The van der Waals surface area contributed by atoms with E-state index in [1.807, 2.05) is 30.3 Å². The molecule has 6 nitrogen and oxygen atoms in total. The van der Waals surface area contributed by atoms with Crippen LogP contribution in [0, 0.1) is 0 Å². The van der Waals surface area contributed by atoms with E-state index in [1.165, 1.54) is 22.7 Å². The number of ether oxygens (including phenoxy) is 1. The van der Waals surface area contributed by atoms with Gasteiger partial charge in [-0.05, 0) is 48.9 Å². The van der Waals surface area contributed by atoms with Crippen molar-refractivity contribution in [3.63, 3.8) is 0 Å². The van der Waals surface area contributed by atoms with Crippen LogP contribution in [0.2, 0.25) is 0 Å². The summed E-state index contributed by atoms with van der Waals surface area (Å²) in [6.07, 6.45) is 4.53. The van der Waals surface area contributed by atoms with Crippen LogP contribution in [0.15, 0.2) is 65.7 Å². The number of pyridine rings is 2. The average molecular weight is 459 g/mol. The number of hydrogen-bond donors (Lipinski definition) is 1. The third-order valence-corrected chi connectivity index (χ3v) is 5.55. The molecule has 162 valence electrons. The zero-order valence-corrected chi connectivity index (χ0v) is 18.7. The number of benzene rings is 1. The summed E-state index contributed by atoms with van der Waals surface area (Å²) < 4.78 is 9.60. The second-order valence-corrected chi connectivity index (χ2v) is 7.29. The molecule has 0 amide bonds. The molecule has 31 heavy (non-hydrogen) atoms. The molecule has 0 saturated heterocycles. The first kappa shape index (κ1) is 22.9. The van der Waals surface area contributed by atoms with Crippen LogP contribution in [0.1, 0.15) is 17.0 Å². The Morgan fingerprint density at radius 2 is 2.00 bits per heavy atom. The quantitative estimate of drug-likeness (QED) is 0.505. The number of rotatable bonds is 4. The summed E-state index contributed by atoms with van der Waals surface area (Å²) in [5.41, 5.74) is 5.45. The summed E-state index contributed by atoms with van der Waals surface area (Å²) in [7, 11) is 2.09. The molecule has 4 heterocycles. The minimum Gasteiger partial charge on any atom is -0.487 e. The third kappa shape index (κ3) is 4.32. The van der Waals surface area contributed by atoms with E-state index in [2.05, 4.69) is 34.0 Å². The molecule has 1 aromatic carbocycles. The molecular weight excluding hydrogens is 435 g/mol. The molecule has 0 atom stereocenters. The lowest BCUT2D eigenvalue weighted by atomic mass is 10.0.